The lowest BCUT2D eigenvalue weighted by atomic mass is 10.1. The SMILES string of the molecule is COC(=O)CC=Cc1c(F)cccc1F. The molecule has 1 aromatic carbocycles. The Morgan fingerprint density at radius 3 is 2.53 bits per heavy atom. The predicted octanol–water partition coefficient (Wildman–Crippen LogP) is 2.54. The van der Waals surface area contributed by atoms with E-state index in [0.717, 1.165) is 12.1 Å². The molecule has 0 spiro atoms. The van der Waals surface area contributed by atoms with Crippen molar-refractivity contribution >= 4 is 12.0 Å². The van der Waals surface area contributed by atoms with E-state index >= 15 is 0 Å². The second-order valence-corrected chi connectivity index (χ2v) is 2.82. The van der Waals surface area contributed by atoms with Gasteiger partial charge in [0.25, 0.3) is 0 Å². The summed E-state index contributed by atoms with van der Waals surface area (Å²) in [5.74, 6) is -1.77. The van der Waals surface area contributed by atoms with Gasteiger partial charge in [-0.25, -0.2) is 8.78 Å². The highest BCUT2D eigenvalue weighted by Crippen LogP contribution is 2.13. The van der Waals surface area contributed by atoms with Crippen molar-refractivity contribution in [3.63, 3.8) is 0 Å². The normalized spacial score (nSPS) is 10.6. The first kappa shape index (κ1) is 11.4. The molecule has 2 nitrogen and oxygen atoms in total. The molecule has 1 aromatic rings. The van der Waals surface area contributed by atoms with Gasteiger partial charge in [-0.15, -0.1) is 0 Å². The number of rotatable bonds is 3. The smallest absolute Gasteiger partial charge is 0.309 e. The van der Waals surface area contributed by atoms with Gasteiger partial charge in [0.1, 0.15) is 11.6 Å². The van der Waals surface area contributed by atoms with E-state index in [1.54, 1.807) is 0 Å². The van der Waals surface area contributed by atoms with Crippen molar-refractivity contribution in [3.05, 3.63) is 41.5 Å². The molecule has 0 saturated heterocycles. The number of ether oxygens (including phenoxy) is 1. The molecule has 80 valence electrons. The third kappa shape index (κ3) is 3.16. The first-order chi connectivity index (χ1) is 7.15. The minimum Gasteiger partial charge on any atom is -0.469 e. The zero-order valence-corrected chi connectivity index (χ0v) is 8.17. The van der Waals surface area contributed by atoms with Gasteiger partial charge in [-0.3, -0.25) is 4.79 Å². The molecule has 0 heterocycles. The number of hydrogen-bond donors (Lipinski definition) is 0. The van der Waals surface area contributed by atoms with Crippen molar-refractivity contribution < 1.29 is 18.3 Å². The summed E-state index contributed by atoms with van der Waals surface area (Å²) in [7, 11) is 1.25. The number of carbonyl (C=O) groups excluding carboxylic acids is 1. The van der Waals surface area contributed by atoms with Gasteiger partial charge in [0.15, 0.2) is 0 Å². The number of methoxy groups -OCH3 is 1. The molecule has 0 fully saturated rings. The zero-order valence-electron chi connectivity index (χ0n) is 8.17. The second kappa shape index (κ2) is 5.24. The van der Waals surface area contributed by atoms with Crippen LogP contribution < -0.4 is 0 Å². The molecule has 0 saturated carbocycles. The Kier molecular flexibility index (Phi) is 3.97. The maximum atomic E-state index is 13.0. The Balaban J connectivity index is 2.76. The number of carbonyl (C=O) groups is 1. The molecule has 0 atom stereocenters. The Labute approximate surface area is 86.2 Å². The van der Waals surface area contributed by atoms with Crippen LogP contribution in [0.2, 0.25) is 0 Å². The van der Waals surface area contributed by atoms with E-state index in [9.17, 15) is 13.6 Å². The van der Waals surface area contributed by atoms with E-state index in [-0.39, 0.29) is 12.0 Å². The lowest BCUT2D eigenvalue weighted by molar-refractivity contribution is -0.139. The number of halogens is 2. The van der Waals surface area contributed by atoms with Crippen molar-refractivity contribution in [2.75, 3.05) is 7.11 Å². The van der Waals surface area contributed by atoms with Crippen molar-refractivity contribution in [3.8, 4) is 0 Å². The Hall–Kier alpha value is -1.71. The molecular weight excluding hydrogens is 202 g/mol. The quantitative estimate of drug-likeness (QED) is 0.719. The molecule has 0 bridgehead atoms. The van der Waals surface area contributed by atoms with Crippen molar-refractivity contribution in [1.82, 2.24) is 0 Å². The maximum Gasteiger partial charge on any atom is 0.309 e. The molecule has 0 unspecified atom stereocenters. The van der Waals surface area contributed by atoms with Gasteiger partial charge in [-0.2, -0.15) is 0 Å². The summed E-state index contributed by atoms with van der Waals surface area (Å²) in [5, 5.41) is 0. The first-order valence-corrected chi connectivity index (χ1v) is 4.32. The summed E-state index contributed by atoms with van der Waals surface area (Å²) in [4.78, 5) is 10.7. The highest BCUT2D eigenvalue weighted by Gasteiger charge is 2.04. The van der Waals surface area contributed by atoms with Crippen molar-refractivity contribution in [2.45, 2.75) is 6.42 Å². The number of esters is 1. The largest absolute Gasteiger partial charge is 0.469 e. The van der Waals surface area contributed by atoms with Crippen LogP contribution in [0.5, 0.6) is 0 Å². The summed E-state index contributed by atoms with van der Waals surface area (Å²) < 4.78 is 30.5. The highest BCUT2D eigenvalue weighted by atomic mass is 19.1. The van der Waals surface area contributed by atoms with Crippen LogP contribution >= 0.6 is 0 Å². The lowest BCUT2D eigenvalue weighted by Crippen LogP contribution is -1.97. The van der Waals surface area contributed by atoms with Crippen molar-refractivity contribution in [1.29, 1.82) is 0 Å². The standard InChI is InChI=1S/C11H10F2O2/c1-15-11(14)7-2-4-8-9(12)5-3-6-10(8)13/h2-6H,7H2,1H3. The van der Waals surface area contributed by atoms with E-state index in [0.29, 0.717) is 0 Å². The van der Waals surface area contributed by atoms with Crippen LogP contribution in [-0.2, 0) is 9.53 Å². The first-order valence-electron chi connectivity index (χ1n) is 4.32. The van der Waals surface area contributed by atoms with Gasteiger partial charge in [-0.05, 0) is 12.1 Å². The van der Waals surface area contributed by atoms with Gasteiger partial charge < -0.3 is 4.74 Å². The molecule has 0 aliphatic rings. The summed E-state index contributed by atoms with van der Waals surface area (Å²) in [6, 6.07) is 3.59. The molecule has 0 aliphatic carbocycles. The van der Waals surface area contributed by atoms with E-state index in [1.807, 2.05) is 0 Å². The molecule has 0 aromatic heterocycles. The van der Waals surface area contributed by atoms with Gasteiger partial charge >= 0.3 is 5.97 Å². The minimum atomic E-state index is -0.656. The predicted molar refractivity (Wildman–Crippen MR) is 52.0 cm³/mol. The number of benzene rings is 1. The summed E-state index contributed by atoms with van der Waals surface area (Å²) >= 11 is 0. The molecule has 0 radical (unpaired) electrons. The average molecular weight is 212 g/mol. The second-order valence-electron chi connectivity index (χ2n) is 2.82. The van der Waals surface area contributed by atoms with Crippen LogP contribution in [-0.4, -0.2) is 13.1 Å². The van der Waals surface area contributed by atoms with Gasteiger partial charge in [0.2, 0.25) is 0 Å². The fourth-order valence-electron chi connectivity index (χ4n) is 1.03. The number of hydrogen-bond acceptors (Lipinski definition) is 2. The van der Waals surface area contributed by atoms with Crippen LogP contribution in [0.4, 0.5) is 8.78 Å². The maximum absolute atomic E-state index is 13.0. The minimum absolute atomic E-state index is 0.00965. The third-order valence-electron chi connectivity index (χ3n) is 1.80. The van der Waals surface area contributed by atoms with Gasteiger partial charge in [0.05, 0.1) is 13.5 Å². The molecule has 15 heavy (non-hydrogen) atoms. The molecule has 0 amide bonds. The Bertz CT molecular complexity index is 366. The molecule has 4 heteroatoms. The molecule has 0 aliphatic heterocycles. The third-order valence-corrected chi connectivity index (χ3v) is 1.80. The lowest BCUT2D eigenvalue weighted by Gasteiger charge is -1.98. The summed E-state index contributed by atoms with van der Waals surface area (Å²) in [5.41, 5.74) is -0.151. The zero-order chi connectivity index (χ0) is 11.3. The Morgan fingerprint density at radius 2 is 2.00 bits per heavy atom. The summed E-state index contributed by atoms with van der Waals surface area (Å²) in [6.45, 7) is 0. The van der Waals surface area contributed by atoms with Gasteiger partial charge in [0, 0.05) is 5.56 Å². The van der Waals surface area contributed by atoms with E-state index < -0.39 is 17.6 Å². The Morgan fingerprint density at radius 1 is 1.40 bits per heavy atom. The fourth-order valence-corrected chi connectivity index (χ4v) is 1.03. The van der Waals surface area contributed by atoms with Gasteiger partial charge in [-0.1, -0.05) is 18.2 Å². The van der Waals surface area contributed by atoms with Crippen LogP contribution in [0.3, 0.4) is 0 Å². The summed E-state index contributed by atoms with van der Waals surface area (Å²) in [6.07, 6.45) is 2.57. The van der Waals surface area contributed by atoms with E-state index in [2.05, 4.69) is 4.74 Å². The van der Waals surface area contributed by atoms with E-state index in [4.69, 9.17) is 0 Å². The molecular formula is C11H10F2O2. The van der Waals surface area contributed by atoms with E-state index in [1.165, 1.54) is 25.3 Å². The van der Waals surface area contributed by atoms with Crippen LogP contribution in [0.1, 0.15) is 12.0 Å². The van der Waals surface area contributed by atoms with Crippen LogP contribution in [0.15, 0.2) is 24.3 Å². The monoisotopic (exact) mass is 212 g/mol. The van der Waals surface area contributed by atoms with Crippen molar-refractivity contribution in [2.24, 2.45) is 0 Å². The fraction of sp³-hybridized carbons (Fsp3) is 0.182. The highest BCUT2D eigenvalue weighted by molar-refractivity contribution is 5.72. The topological polar surface area (TPSA) is 26.3 Å². The van der Waals surface area contributed by atoms with Crippen LogP contribution in [0.25, 0.3) is 6.08 Å². The average Bonchev–Trinajstić information content (AvgIpc) is 2.22. The van der Waals surface area contributed by atoms with Crippen LogP contribution in [0, 0.1) is 11.6 Å². The molecule has 1 rings (SSSR count). The molecule has 0 N–H and O–H groups in total.